The zero-order valence-electron chi connectivity index (χ0n) is 12.7. The average Bonchev–Trinajstić information content (AvgIpc) is 2.50. The smallest absolute Gasteiger partial charge is 0.259 e. The van der Waals surface area contributed by atoms with E-state index in [0.717, 1.165) is 16.8 Å². The predicted molar refractivity (Wildman–Crippen MR) is 83.4 cm³/mol. The minimum atomic E-state index is -0.223. The summed E-state index contributed by atoms with van der Waals surface area (Å²) in [5.41, 5.74) is 3.34. The monoisotopic (exact) mass is 285 g/mol. The Labute approximate surface area is 124 Å². The molecule has 0 atom stereocenters. The van der Waals surface area contributed by atoms with Gasteiger partial charge in [-0.3, -0.25) is 4.79 Å². The second kappa shape index (κ2) is 6.31. The molecule has 110 valence electrons. The Morgan fingerprint density at radius 1 is 1.00 bits per heavy atom. The van der Waals surface area contributed by atoms with Crippen LogP contribution in [0.15, 0.2) is 36.4 Å². The minimum Gasteiger partial charge on any atom is -0.497 e. The number of benzene rings is 2. The summed E-state index contributed by atoms with van der Waals surface area (Å²) in [6, 6.07) is 11.1. The first kappa shape index (κ1) is 14.9. The van der Waals surface area contributed by atoms with E-state index >= 15 is 0 Å². The predicted octanol–water partition coefficient (Wildman–Crippen LogP) is 3.57. The van der Waals surface area contributed by atoms with E-state index in [-0.39, 0.29) is 5.91 Å². The van der Waals surface area contributed by atoms with E-state index in [1.54, 1.807) is 25.3 Å². The van der Waals surface area contributed by atoms with E-state index in [0.29, 0.717) is 17.1 Å². The highest BCUT2D eigenvalue weighted by molar-refractivity contribution is 6.06. The normalized spacial score (nSPS) is 10.1. The lowest BCUT2D eigenvalue weighted by Gasteiger charge is -2.12. The van der Waals surface area contributed by atoms with Crippen LogP contribution in [0, 0.1) is 13.8 Å². The Bertz CT molecular complexity index is 665. The summed E-state index contributed by atoms with van der Waals surface area (Å²) in [7, 11) is 3.10. The molecule has 2 aromatic rings. The molecule has 2 rings (SSSR count). The molecule has 0 aliphatic heterocycles. The van der Waals surface area contributed by atoms with Crippen LogP contribution in [0.3, 0.4) is 0 Å². The van der Waals surface area contributed by atoms with Crippen molar-refractivity contribution in [1.29, 1.82) is 0 Å². The van der Waals surface area contributed by atoms with Gasteiger partial charge in [-0.2, -0.15) is 0 Å². The first-order valence-corrected chi connectivity index (χ1v) is 6.65. The van der Waals surface area contributed by atoms with Crippen LogP contribution in [0.5, 0.6) is 11.5 Å². The third kappa shape index (κ3) is 3.34. The van der Waals surface area contributed by atoms with Crippen molar-refractivity contribution < 1.29 is 14.3 Å². The molecule has 0 saturated heterocycles. The molecule has 21 heavy (non-hydrogen) atoms. The van der Waals surface area contributed by atoms with Crippen LogP contribution in [0.1, 0.15) is 21.5 Å². The highest BCUT2D eigenvalue weighted by atomic mass is 16.5. The van der Waals surface area contributed by atoms with Crippen molar-refractivity contribution >= 4 is 11.6 Å². The molecule has 0 aromatic heterocycles. The van der Waals surface area contributed by atoms with E-state index in [1.807, 2.05) is 32.0 Å². The van der Waals surface area contributed by atoms with Crippen molar-refractivity contribution in [3.8, 4) is 11.5 Å². The van der Waals surface area contributed by atoms with Crippen LogP contribution in [0.2, 0.25) is 0 Å². The summed E-state index contributed by atoms with van der Waals surface area (Å²) in [4.78, 5) is 12.5. The fraction of sp³-hybridized carbons (Fsp3) is 0.235. The van der Waals surface area contributed by atoms with Gasteiger partial charge in [-0.15, -0.1) is 0 Å². The number of hydrogen-bond donors (Lipinski definition) is 1. The summed E-state index contributed by atoms with van der Waals surface area (Å²) >= 11 is 0. The van der Waals surface area contributed by atoms with Gasteiger partial charge in [-0.05, 0) is 49.2 Å². The zero-order valence-corrected chi connectivity index (χ0v) is 12.7. The van der Waals surface area contributed by atoms with Gasteiger partial charge in [0.25, 0.3) is 5.91 Å². The van der Waals surface area contributed by atoms with Crippen LogP contribution >= 0.6 is 0 Å². The SMILES string of the molecule is COc1ccc(OC)c(C(=O)Nc2cc(C)ccc2C)c1. The third-order valence-electron chi connectivity index (χ3n) is 3.29. The number of anilines is 1. The van der Waals surface area contributed by atoms with Gasteiger partial charge in [0.2, 0.25) is 0 Å². The Morgan fingerprint density at radius 3 is 2.43 bits per heavy atom. The van der Waals surface area contributed by atoms with Crippen LogP contribution in [0.4, 0.5) is 5.69 Å². The highest BCUT2D eigenvalue weighted by Crippen LogP contribution is 2.25. The molecule has 2 aromatic carbocycles. The van der Waals surface area contributed by atoms with Gasteiger partial charge < -0.3 is 14.8 Å². The average molecular weight is 285 g/mol. The fourth-order valence-corrected chi connectivity index (χ4v) is 2.05. The van der Waals surface area contributed by atoms with Crippen LogP contribution in [-0.2, 0) is 0 Å². The minimum absolute atomic E-state index is 0.223. The number of carbonyl (C=O) groups excluding carboxylic acids is 1. The molecule has 0 heterocycles. The quantitative estimate of drug-likeness (QED) is 0.934. The maximum Gasteiger partial charge on any atom is 0.259 e. The molecule has 1 N–H and O–H groups in total. The van der Waals surface area contributed by atoms with Gasteiger partial charge in [0.05, 0.1) is 19.8 Å². The number of nitrogens with one attached hydrogen (secondary N) is 1. The molecule has 0 unspecified atom stereocenters. The van der Waals surface area contributed by atoms with Crippen molar-refractivity contribution in [2.45, 2.75) is 13.8 Å². The molecule has 0 bridgehead atoms. The molecule has 0 saturated carbocycles. The number of hydrogen-bond acceptors (Lipinski definition) is 3. The number of amides is 1. The van der Waals surface area contributed by atoms with Crippen LogP contribution in [0.25, 0.3) is 0 Å². The number of methoxy groups -OCH3 is 2. The largest absolute Gasteiger partial charge is 0.497 e. The number of rotatable bonds is 4. The standard InChI is InChI=1S/C17H19NO3/c1-11-5-6-12(2)15(9-11)18-17(19)14-10-13(20-3)7-8-16(14)21-4/h5-10H,1-4H3,(H,18,19). The summed E-state index contributed by atoms with van der Waals surface area (Å²) < 4.78 is 10.4. The molecule has 4 nitrogen and oxygen atoms in total. The van der Waals surface area contributed by atoms with Gasteiger partial charge >= 0.3 is 0 Å². The van der Waals surface area contributed by atoms with E-state index < -0.39 is 0 Å². The van der Waals surface area contributed by atoms with Gasteiger partial charge in [0.15, 0.2) is 0 Å². The van der Waals surface area contributed by atoms with Crippen molar-refractivity contribution in [3.63, 3.8) is 0 Å². The molecule has 0 spiro atoms. The molecule has 0 aliphatic rings. The van der Waals surface area contributed by atoms with Crippen molar-refractivity contribution in [1.82, 2.24) is 0 Å². The van der Waals surface area contributed by atoms with E-state index in [1.165, 1.54) is 7.11 Å². The first-order chi connectivity index (χ1) is 10.0. The third-order valence-corrected chi connectivity index (χ3v) is 3.29. The topological polar surface area (TPSA) is 47.6 Å². The molecule has 1 amide bonds. The van der Waals surface area contributed by atoms with Gasteiger partial charge in [-0.25, -0.2) is 0 Å². The molecule has 0 aliphatic carbocycles. The van der Waals surface area contributed by atoms with Crippen LogP contribution < -0.4 is 14.8 Å². The maximum atomic E-state index is 12.5. The van der Waals surface area contributed by atoms with E-state index in [4.69, 9.17) is 9.47 Å². The summed E-state index contributed by atoms with van der Waals surface area (Å²) in [5, 5.41) is 2.92. The maximum absolute atomic E-state index is 12.5. The van der Waals surface area contributed by atoms with Gasteiger partial charge in [0.1, 0.15) is 11.5 Å². The van der Waals surface area contributed by atoms with Crippen molar-refractivity contribution in [3.05, 3.63) is 53.1 Å². The molecule has 4 heteroatoms. The van der Waals surface area contributed by atoms with Gasteiger partial charge in [-0.1, -0.05) is 12.1 Å². The fourth-order valence-electron chi connectivity index (χ4n) is 2.05. The Balaban J connectivity index is 2.33. The summed E-state index contributed by atoms with van der Waals surface area (Å²) in [6.45, 7) is 3.94. The second-order valence-electron chi connectivity index (χ2n) is 4.84. The lowest BCUT2D eigenvalue weighted by atomic mass is 10.1. The Morgan fingerprint density at radius 2 is 1.76 bits per heavy atom. The second-order valence-corrected chi connectivity index (χ2v) is 4.84. The number of ether oxygens (including phenoxy) is 2. The molecular weight excluding hydrogens is 266 g/mol. The van der Waals surface area contributed by atoms with E-state index in [2.05, 4.69) is 5.32 Å². The Hall–Kier alpha value is -2.49. The van der Waals surface area contributed by atoms with Crippen molar-refractivity contribution in [2.24, 2.45) is 0 Å². The number of aryl methyl sites for hydroxylation is 2. The van der Waals surface area contributed by atoms with E-state index in [9.17, 15) is 4.79 Å². The lowest BCUT2D eigenvalue weighted by Crippen LogP contribution is -2.14. The first-order valence-electron chi connectivity index (χ1n) is 6.65. The highest BCUT2D eigenvalue weighted by Gasteiger charge is 2.14. The van der Waals surface area contributed by atoms with Crippen molar-refractivity contribution in [2.75, 3.05) is 19.5 Å². The Kier molecular flexibility index (Phi) is 4.48. The zero-order chi connectivity index (χ0) is 15.4. The van der Waals surface area contributed by atoms with Gasteiger partial charge in [0, 0.05) is 5.69 Å². The molecular formula is C17H19NO3. The summed E-state index contributed by atoms with van der Waals surface area (Å²) in [5.74, 6) is 0.903. The molecule has 0 radical (unpaired) electrons. The summed E-state index contributed by atoms with van der Waals surface area (Å²) in [6.07, 6.45) is 0. The molecule has 0 fully saturated rings. The lowest BCUT2D eigenvalue weighted by molar-refractivity contribution is 0.102. The number of carbonyl (C=O) groups is 1. The van der Waals surface area contributed by atoms with Crippen LogP contribution in [-0.4, -0.2) is 20.1 Å².